The zero-order chi connectivity index (χ0) is 28.1. The van der Waals surface area contributed by atoms with Crippen LogP contribution >= 0.6 is 0 Å². The molecule has 0 aromatic heterocycles. The van der Waals surface area contributed by atoms with Gasteiger partial charge in [-0.2, -0.15) is 0 Å². The van der Waals surface area contributed by atoms with E-state index in [1.807, 2.05) is 19.9 Å². The fourth-order valence-corrected chi connectivity index (χ4v) is 3.40. The van der Waals surface area contributed by atoms with Crippen LogP contribution in [0.25, 0.3) is 6.08 Å². The number of phenols is 1. The van der Waals surface area contributed by atoms with E-state index in [0.29, 0.717) is 40.5 Å². The number of hydrogen-bond acceptors (Lipinski definition) is 10. The molecule has 0 saturated carbocycles. The van der Waals surface area contributed by atoms with Crippen molar-refractivity contribution in [3.63, 3.8) is 0 Å². The van der Waals surface area contributed by atoms with Gasteiger partial charge in [-0.1, -0.05) is 17.7 Å². The number of carbonyl (C=O) groups is 1. The quantitative estimate of drug-likeness (QED) is 0.141. The number of methoxy groups -OCH3 is 5. The molecule has 0 saturated heterocycles. The monoisotopic (exact) mass is 532 g/mol. The second-order valence-corrected chi connectivity index (χ2v) is 8.17. The van der Waals surface area contributed by atoms with Crippen LogP contribution in [0.3, 0.4) is 0 Å². The average molecular weight is 533 g/mol. The van der Waals surface area contributed by atoms with Gasteiger partial charge in [-0.15, -0.1) is 0 Å². The molecule has 2 aromatic carbocycles. The van der Waals surface area contributed by atoms with Gasteiger partial charge < -0.3 is 43.0 Å². The third-order valence-electron chi connectivity index (χ3n) is 5.19. The first-order valence-corrected chi connectivity index (χ1v) is 11.7. The summed E-state index contributed by atoms with van der Waals surface area (Å²) in [5.41, 5.74) is 2.03. The standard InChI is InChI=1S/C28H36O10/c1-18(2)8-10-20-22(36-15-31-3)14-23(37-16-32-4)26(27(20)30)21(29)11-9-19-12-24(34-6)28(38-17-33-5)25(13-19)35-7/h8-9,11-14,30H,10,15-17H2,1-7H3. The van der Waals surface area contributed by atoms with E-state index in [2.05, 4.69) is 0 Å². The lowest BCUT2D eigenvalue weighted by molar-refractivity contribution is 0.0449. The lowest BCUT2D eigenvalue weighted by Gasteiger charge is -2.18. The van der Waals surface area contributed by atoms with E-state index in [9.17, 15) is 9.90 Å². The van der Waals surface area contributed by atoms with Gasteiger partial charge in [0.25, 0.3) is 0 Å². The third kappa shape index (κ3) is 8.14. The summed E-state index contributed by atoms with van der Waals surface area (Å²) in [6, 6.07) is 4.91. The van der Waals surface area contributed by atoms with E-state index < -0.39 is 5.78 Å². The molecule has 0 atom stereocenters. The predicted molar refractivity (Wildman–Crippen MR) is 142 cm³/mol. The predicted octanol–water partition coefficient (Wildman–Crippen LogP) is 4.76. The first-order valence-electron chi connectivity index (χ1n) is 11.7. The summed E-state index contributed by atoms with van der Waals surface area (Å²) in [6.07, 6.45) is 5.14. The molecule has 2 aromatic rings. The number of ketones is 1. The Labute approximate surface area is 223 Å². The molecular weight excluding hydrogens is 496 g/mol. The number of ether oxygens (including phenoxy) is 8. The molecule has 10 nitrogen and oxygen atoms in total. The van der Waals surface area contributed by atoms with Gasteiger partial charge in [0.2, 0.25) is 5.75 Å². The molecule has 208 valence electrons. The molecule has 0 aliphatic rings. The molecule has 0 aliphatic heterocycles. The van der Waals surface area contributed by atoms with Crippen molar-refractivity contribution in [2.24, 2.45) is 0 Å². The second kappa shape index (κ2) is 15.5. The normalized spacial score (nSPS) is 10.8. The zero-order valence-corrected chi connectivity index (χ0v) is 22.9. The first-order chi connectivity index (χ1) is 18.3. The molecule has 2 rings (SSSR count). The second-order valence-electron chi connectivity index (χ2n) is 8.17. The summed E-state index contributed by atoms with van der Waals surface area (Å²) >= 11 is 0. The number of benzene rings is 2. The van der Waals surface area contributed by atoms with Gasteiger partial charge in [0.1, 0.15) is 22.8 Å². The van der Waals surface area contributed by atoms with Crippen LogP contribution in [0.4, 0.5) is 0 Å². The molecule has 10 heteroatoms. The summed E-state index contributed by atoms with van der Waals surface area (Å²) in [4.78, 5) is 13.4. The number of allylic oxidation sites excluding steroid dienone is 3. The number of phenolic OH excluding ortho intramolecular Hbond substituents is 1. The topological polar surface area (TPSA) is 111 Å². The van der Waals surface area contributed by atoms with Gasteiger partial charge in [-0.25, -0.2) is 0 Å². The average Bonchev–Trinajstić information content (AvgIpc) is 2.91. The lowest BCUT2D eigenvalue weighted by atomic mass is 9.99. The van der Waals surface area contributed by atoms with Crippen LogP contribution in [0.5, 0.6) is 34.5 Å². The molecule has 0 spiro atoms. The van der Waals surface area contributed by atoms with Gasteiger partial charge in [0.15, 0.2) is 37.7 Å². The first kappa shape index (κ1) is 30.5. The van der Waals surface area contributed by atoms with Crippen LogP contribution in [0.2, 0.25) is 0 Å². The van der Waals surface area contributed by atoms with Crippen molar-refractivity contribution in [2.45, 2.75) is 20.3 Å². The Balaban J connectivity index is 2.56. The Bertz CT molecular complexity index is 1110. The summed E-state index contributed by atoms with van der Waals surface area (Å²) in [5, 5.41) is 11.2. The Hall–Kier alpha value is -3.73. The molecule has 1 N–H and O–H groups in total. The van der Waals surface area contributed by atoms with Crippen molar-refractivity contribution in [1.82, 2.24) is 0 Å². The molecule has 0 unspecified atom stereocenters. The number of carbonyl (C=O) groups excluding carboxylic acids is 1. The highest BCUT2D eigenvalue weighted by Crippen LogP contribution is 2.41. The molecule has 0 heterocycles. The van der Waals surface area contributed by atoms with Crippen molar-refractivity contribution in [1.29, 1.82) is 0 Å². The van der Waals surface area contributed by atoms with E-state index in [0.717, 1.165) is 5.57 Å². The molecular formula is C28H36O10. The summed E-state index contributed by atoms with van der Waals surface area (Å²) in [6.45, 7) is 3.68. The van der Waals surface area contributed by atoms with Crippen LogP contribution in [0.1, 0.15) is 35.3 Å². The van der Waals surface area contributed by atoms with Gasteiger partial charge in [-0.3, -0.25) is 4.79 Å². The molecule has 0 aliphatic carbocycles. The summed E-state index contributed by atoms with van der Waals surface area (Å²) in [5.74, 6) is 0.828. The van der Waals surface area contributed by atoms with Gasteiger partial charge in [0, 0.05) is 33.0 Å². The van der Waals surface area contributed by atoms with Crippen LogP contribution in [0, 0.1) is 0 Å². The van der Waals surface area contributed by atoms with Crippen LogP contribution in [-0.4, -0.2) is 66.8 Å². The van der Waals surface area contributed by atoms with E-state index in [4.69, 9.17) is 37.9 Å². The van der Waals surface area contributed by atoms with Crippen molar-refractivity contribution >= 4 is 11.9 Å². The highest BCUT2D eigenvalue weighted by atomic mass is 16.7. The molecule has 0 amide bonds. The smallest absolute Gasteiger partial charge is 0.206 e. The fourth-order valence-electron chi connectivity index (χ4n) is 3.40. The largest absolute Gasteiger partial charge is 0.507 e. The highest BCUT2D eigenvalue weighted by Gasteiger charge is 2.24. The van der Waals surface area contributed by atoms with Crippen molar-refractivity contribution < 1.29 is 47.8 Å². The van der Waals surface area contributed by atoms with E-state index in [1.54, 1.807) is 24.3 Å². The van der Waals surface area contributed by atoms with Crippen LogP contribution in [0.15, 0.2) is 35.9 Å². The van der Waals surface area contributed by atoms with E-state index in [-0.39, 0.29) is 37.4 Å². The molecule has 0 bridgehead atoms. The zero-order valence-electron chi connectivity index (χ0n) is 22.9. The highest BCUT2D eigenvalue weighted by molar-refractivity contribution is 6.11. The van der Waals surface area contributed by atoms with Gasteiger partial charge in [0.05, 0.1) is 14.2 Å². The Morgan fingerprint density at radius 2 is 1.34 bits per heavy atom. The minimum absolute atomic E-state index is 0.00306. The Kier molecular flexibility index (Phi) is 12.4. The van der Waals surface area contributed by atoms with Gasteiger partial charge >= 0.3 is 0 Å². The van der Waals surface area contributed by atoms with Crippen molar-refractivity contribution in [3.8, 4) is 34.5 Å². The van der Waals surface area contributed by atoms with E-state index >= 15 is 0 Å². The lowest BCUT2D eigenvalue weighted by Crippen LogP contribution is -2.09. The van der Waals surface area contributed by atoms with Crippen molar-refractivity contribution in [3.05, 3.63) is 52.6 Å². The number of aromatic hydroxyl groups is 1. The number of rotatable bonds is 16. The summed E-state index contributed by atoms with van der Waals surface area (Å²) < 4.78 is 42.7. The molecule has 0 radical (unpaired) electrons. The maximum Gasteiger partial charge on any atom is 0.206 e. The maximum absolute atomic E-state index is 13.4. The fraction of sp³-hybridized carbons (Fsp3) is 0.393. The number of hydrogen-bond donors (Lipinski definition) is 1. The Morgan fingerprint density at radius 1 is 0.789 bits per heavy atom. The summed E-state index contributed by atoms with van der Waals surface area (Å²) in [7, 11) is 7.43. The Morgan fingerprint density at radius 3 is 1.87 bits per heavy atom. The minimum atomic E-state index is -0.497. The van der Waals surface area contributed by atoms with Crippen LogP contribution in [-0.2, 0) is 20.6 Å². The molecule has 38 heavy (non-hydrogen) atoms. The molecule has 0 fully saturated rings. The SMILES string of the molecule is COCOc1cc(OCOC)c(C(=O)C=Cc2cc(OC)c(OCOC)c(OC)c2)c(O)c1CC=C(C)C. The van der Waals surface area contributed by atoms with Crippen LogP contribution < -0.4 is 23.7 Å². The van der Waals surface area contributed by atoms with Gasteiger partial charge in [-0.05, 0) is 44.0 Å². The third-order valence-corrected chi connectivity index (χ3v) is 5.19. The minimum Gasteiger partial charge on any atom is -0.507 e. The maximum atomic E-state index is 13.4. The van der Waals surface area contributed by atoms with Crippen molar-refractivity contribution in [2.75, 3.05) is 55.9 Å². The van der Waals surface area contributed by atoms with E-state index in [1.165, 1.54) is 41.6 Å².